The van der Waals surface area contributed by atoms with Crippen LogP contribution in [-0.2, 0) is 0 Å². The van der Waals surface area contributed by atoms with E-state index in [2.05, 4.69) is 20.5 Å². The van der Waals surface area contributed by atoms with Gasteiger partial charge in [-0.2, -0.15) is 5.10 Å². The molecular formula is C15H12N4O. The maximum absolute atomic E-state index is 11.8. The summed E-state index contributed by atoms with van der Waals surface area (Å²) < 4.78 is 0. The minimum Gasteiger partial charge on any atom is -0.361 e. The first-order chi connectivity index (χ1) is 9.84. The molecule has 0 unspecified atom stereocenters. The number of benzene rings is 1. The van der Waals surface area contributed by atoms with E-state index in [9.17, 15) is 4.79 Å². The van der Waals surface area contributed by atoms with Crippen molar-refractivity contribution >= 4 is 23.0 Å². The summed E-state index contributed by atoms with van der Waals surface area (Å²) in [5, 5.41) is 5.03. The van der Waals surface area contributed by atoms with E-state index in [0.29, 0.717) is 5.56 Å². The van der Waals surface area contributed by atoms with E-state index < -0.39 is 0 Å². The molecule has 1 amide bonds. The number of hydrazone groups is 1. The molecule has 0 saturated heterocycles. The van der Waals surface area contributed by atoms with Crippen LogP contribution in [0.25, 0.3) is 10.9 Å². The summed E-state index contributed by atoms with van der Waals surface area (Å²) in [4.78, 5) is 18.8. The molecule has 0 aliphatic heterocycles. The Balaban J connectivity index is 1.74. The first-order valence-corrected chi connectivity index (χ1v) is 6.14. The Bertz CT molecular complexity index is 762. The van der Waals surface area contributed by atoms with Gasteiger partial charge in [0.1, 0.15) is 0 Å². The summed E-state index contributed by atoms with van der Waals surface area (Å²) in [5.74, 6) is -0.283. The molecule has 3 rings (SSSR count). The van der Waals surface area contributed by atoms with E-state index in [4.69, 9.17) is 0 Å². The van der Waals surface area contributed by atoms with Crippen LogP contribution in [0.15, 0.2) is 60.1 Å². The lowest BCUT2D eigenvalue weighted by Crippen LogP contribution is -2.17. The van der Waals surface area contributed by atoms with Crippen molar-refractivity contribution < 1.29 is 4.79 Å². The smallest absolute Gasteiger partial charge is 0.272 e. The van der Waals surface area contributed by atoms with Gasteiger partial charge in [0.25, 0.3) is 5.91 Å². The van der Waals surface area contributed by atoms with Crippen molar-refractivity contribution in [1.82, 2.24) is 15.4 Å². The number of fused-ring (bicyclic) bond motifs is 1. The summed E-state index contributed by atoms with van der Waals surface area (Å²) >= 11 is 0. The highest BCUT2D eigenvalue weighted by molar-refractivity contribution is 6.00. The lowest BCUT2D eigenvalue weighted by atomic mass is 10.2. The van der Waals surface area contributed by atoms with Gasteiger partial charge in [-0.1, -0.05) is 18.2 Å². The molecule has 0 radical (unpaired) electrons. The molecule has 0 bridgehead atoms. The number of nitrogens with one attached hydrogen (secondary N) is 2. The number of pyridine rings is 1. The highest BCUT2D eigenvalue weighted by atomic mass is 16.2. The van der Waals surface area contributed by atoms with Gasteiger partial charge in [-0.15, -0.1) is 0 Å². The van der Waals surface area contributed by atoms with Crippen LogP contribution >= 0.6 is 0 Å². The lowest BCUT2D eigenvalue weighted by molar-refractivity contribution is 0.0955. The van der Waals surface area contributed by atoms with Gasteiger partial charge >= 0.3 is 0 Å². The molecule has 20 heavy (non-hydrogen) atoms. The van der Waals surface area contributed by atoms with E-state index >= 15 is 0 Å². The third-order valence-corrected chi connectivity index (χ3v) is 2.91. The fourth-order valence-electron chi connectivity index (χ4n) is 1.92. The van der Waals surface area contributed by atoms with E-state index in [1.54, 1.807) is 24.5 Å². The van der Waals surface area contributed by atoms with Crippen LogP contribution in [0.5, 0.6) is 0 Å². The Morgan fingerprint density at radius 1 is 1.25 bits per heavy atom. The Morgan fingerprint density at radius 3 is 3.00 bits per heavy atom. The number of hydrogen-bond acceptors (Lipinski definition) is 3. The number of rotatable bonds is 3. The topological polar surface area (TPSA) is 70.1 Å². The number of para-hydroxylation sites is 1. The van der Waals surface area contributed by atoms with Crippen LogP contribution in [0.4, 0.5) is 0 Å². The molecule has 3 aromatic rings. The minimum absolute atomic E-state index is 0.283. The first-order valence-electron chi connectivity index (χ1n) is 6.14. The predicted molar refractivity (Wildman–Crippen MR) is 77.6 cm³/mol. The number of carbonyl (C=O) groups excluding carboxylic acids is 1. The van der Waals surface area contributed by atoms with Gasteiger partial charge in [-0.25, -0.2) is 5.43 Å². The van der Waals surface area contributed by atoms with Crippen molar-refractivity contribution in [1.29, 1.82) is 0 Å². The molecule has 1 aromatic carbocycles. The van der Waals surface area contributed by atoms with Crippen molar-refractivity contribution in [2.75, 3.05) is 0 Å². The maximum atomic E-state index is 11.8. The second-order valence-electron chi connectivity index (χ2n) is 4.23. The SMILES string of the molecule is O=C(N/N=C/c1c[nH]c2ccccc12)c1cccnc1. The number of aromatic amines is 1. The third-order valence-electron chi connectivity index (χ3n) is 2.91. The second-order valence-corrected chi connectivity index (χ2v) is 4.23. The number of amides is 1. The number of carbonyl (C=O) groups is 1. The maximum Gasteiger partial charge on any atom is 0.272 e. The van der Waals surface area contributed by atoms with Crippen molar-refractivity contribution in [3.8, 4) is 0 Å². The lowest BCUT2D eigenvalue weighted by Gasteiger charge is -1.97. The zero-order chi connectivity index (χ0) is 13.8. The fraction of sp³-hybridized carbons (Fsp3) is 0. The average molecular weight is 264 g/mol. The summed E-state index contributed by atoms with van der Waals surface area (Å²) in [6.07, 6.45) is 6.58. The Labute approximate surface area is 115 Å². The molecule has 5 heteroatoms. The van der Waals surface area contributed by atoms with Gasteiger partial charge in [0.2, 0.25) is 0 Å². The minimum atomic E-state index is -0.283. The van der Waals surface area contributed by atoms with Crippen molar-refractivity contribution in [3.63, 3.8) is 0 Å². The highest BCUT2D eigenvalue weighted by Gasteiger charge is 2.03. The largest absolute Gasteiger partial charge is 0.361 e. The fourth-order valence-corrected chi connectivity index (χ4v) is 1.92. The van der Waals surface area contributed by atoms with Crippen LogP contribution in [0.3, 0.4) is 0 Å². The van der Waals surface area contributed by atoms with Crippen molar-refractivity contribution in [2.45, 2.75) is 0 Å². The molecule has 5 nitrogen and oxygen atoms in total. The molecule has 0 aliphatic carbocycles. The zero-order valence-corrected chi connectivity index (χ0v) is 10.6. The standard InChI is InChI=1S/C15H12N4O/c20-15(11-4-3-7-16-8-11)19-18-10-12-9-17-14-6-2-1-5-13(12)14/h1-10,17H,(H,19,20)/b18-10+. The molecular weight excluding hydrogens is 252 g/mol. The Hall–Kier alpha value is -2.95. The van der Waals surface area contributed by atoms with Crippen LogP contribution < -0.4 is 5.43 Å². The molecule has 0 spiro atoms. The predicted octanol–water partition coefficient (Wildman–Crippen LogP) is 2.33. The molecule has 0 saturated carbocycles. The van der Waals surface area contributed by atoms with Crippen LogP contribution in [0.1, 0.15) is 15.9 Å². The number of hydrogen-bond donors (Lipinski definition) is 2. The van der Waals surface area contributed by atoms with Gasteiger partial charge in [0.05, 0.1) is 11.8 Å². The van der Waals surface area contributed by atoms with E-state index in [-0.39, 0.29) is 5.91 Å². The number of aromatic nitrogens is 2. The summed E-state index contributed by atoms with van der Waals surface area (Å²) in [6, 6.07) is 11.3. The van der Waals surface area contributed by atoms with Gasteiger partial charge in [0, 0.05) is 35.1 Å². The van der Waals surface area contributed by atoms with Crippen LogP contribution in [-0.4, -0.2) is 22.1 Å². The van der Waals surface area contributed by atoms with E-state index in [0.717, 1.165) is 16.5 Å². The number of H-pyrrole nitrogens is 1. The van der Waals surface area contributed by atoms with Crippen molar-refractivity contribution in [3.05, 3.63) is 66.1 Å². The monoisotopic (exact) mass is 264 g/mol. The Kier molecular flexibility index (Phi) is 3.24. The highest BCUT2D eigenvalue weighted by Crippen LogP contribution is 2.15. The quantitative estimate of drug-likeness (QED) is 0.563. The summed E-state index contributed by atoms with van der Waals surface area (Å²) in [7, 11) is 0. The van der Waals surface area contributed by atoms with Crippen molar-refractivity contribution in [2.24, 2.45) is 5.10 Å². The normalized spacial score (nSPS) is 11.0. The van der Waals surface area contributed by atoms with E-state index in [1.165, 1.54) is 6.20 Å². The van der Waals surface area contributed by atoms with Gasteiger partial charge in [0.15, 0.2) is 0 Å². The summed E-state index contributed by atoms with van der Waals surface area (Å²) in [5.41, 5.74) is 4.91. The first kappa shape index (κ1) is 12.1. The summed E-state index contributed by atoms with van der Waals surface area (Å²) in [6.45, 7) is 0. The molecule has 2 N–H and O–H groups in total. The van der Waals surface area contributed by atoms with E-state index in [1.807, 2.05) is 30.5 Å². The molecule has 98 valence electrons. The van der Waals surface area contributed by atoms with Gasteiger partial charge in [-0.3, -0.25) is 9.78 Å². The molecule has 2 aromatic heterocycles. The molecule has 0 aliphatic rings. The number of nitrogens with zero attached hydrogens (tertiary/aromatic N) is 2. The van der Waals surface area contributed by atoms with Crippen LogP contribution in [0.2, 0.25) is 0 Å². The third kappa shape index (κ3) is 2.42. The Morgan fingerprint density at radius 2 is 2.15 bits per heavy atom. The average Bonchev–Trinajstić information content (AvgIpc) is 2.92. The van der Waals surface area contributed by atoms with Gasteiger partial charge < -0.3 is 4.98 Å². The molecule has 0 atom stereocenters. The van der Waals surface area contributed by atoms with Gasteiger partial charge in [-0.05, 0) is 18.2 Å². The molecule has 0 fully saturated rings. The van der Waals surface area contributed by atoms with Crippen LogP contribution in [0, 0.1) is 0 Å². The zero-order valence-electron chi connectivity index (χ0n) is 10.6. The molecule has 2 heterocycles. The second kappa shape index (κ2) is 5.36.